The molecule has 4 N–H and O–H groups in total. The van der Waals surface area contributed by atoms with Crippen molar-refractivity contribution in [2.45, 2.75) is 25.2 Å². The molecule has 9 heteroatoms. The first kappa shape index (κ1) is 22.6. The van der Waals surface area contributed by atoms with E-state index in [9.17, 15) is 9.90 Å². The summed E-state index contributed by atoms with van der Waals surface area (Å²) in [4.78, 5) is 17.8. The fourth-order valence-electron chi connectivity index (χ4n) is 4.58. The van der Waals surface area contributed by atoms with Gasteiger partial charge in [-0.2, -0.15) is 5.10 Å². The van der Waals surface area contributed by atoms with Gasteiger partial charge in [-0.05, 0) is 72.9 Å². The highest BCUT2D eigenvalue weighted by molar-refractivity contribution is 7.19. The Bertz CT molecular complexity index is 1370. The summed E-state index contributed by atoms with van der Waals surface area (Å²) in [6.07, 6.45) is 1.39. The van der Waals surface area contributed by atoms with E-state index in [4.69, 9.17) is 22.1 Å². The number of hydrogen-bond acceptors (Lipinski definition) is 6. The second kappa shape index (κ2) is 8.87. The molecule has 0 spiro atoms. The minimum absolute atomic E-state index is 0.185. The van der Waals surface area contributed by atoms with Crippen LogP contribution in [-0.2, 0) is 10.2 Å². The number of carbonyl (C=O) groups is 1. The Morgan fingerprint density at radius 1 is 1.15 bits per heavy atom. The molecule has 2 aromatic heterocycles. The van der Waals surface area contributed by atoms with E-state index in [0.717, 1.165) is 21.8 Å². The minimum Gasteiger partial charge on any atom is -0.478 e. The second-order valence-corrected chi connectivity index (χ2v) is 10.1. The highest BCUT2D eigenvalue weighted by Crippen LogP contribution is 2.43. The van der Waals surface area contributed by atoms with Gasteiger partial charge >= 0.3 is 5.97 Å². The number of benzene rings is 2. The normalized spacial score (nSPS) is 15.4. The molecule has 1 saturated heterocycles. The van der Waals surface area contributed by atoms with Crippen LogP contribution >= 0.6 is 22.9 Å². The summed E-state index contributed by atoms with van der Waals surface area (Å²) < 4.78 is 6.33. The lowest BCUT2D eigenvalue weighted by molar-refractivity contribution is 0.0604. The molecule has 5 rings (SSSR count). The number of nitrogens with zero attached hydrogens (tertiary/aromatic N) is 2. The van der Waals surface area contributed by atoms with Crippen molar-refractivity contribution < 1.29 is 14.6 Å². The molecule has 2 aromatic carbocycles. The van der Waals surface area contributed by atoms with Crippen LogP contribution in [0.5, 0.6) is 0 Å². The van der Waals surface area contributed by atoms with Crippen molar-refractivity contribution in [1.29, 1.82) is 0 Å². The van der Waals surface area contributed by atoms with E-state index in [1.54, 1.807) is 12.1 Å². The summed E-state index contributed by atoms with van der Waals surface area (Å²) in [6, 6.07) is 14.9. The first-order valence-corrected chi connectivity index (χ1v) is 12.1. The lowest BCUT2D eigenvalue weighted by Crippen LogP contribution is -2.36. The van der Waals surface area contributed by atoms with Crippen LogP contribution in [0.4, 0.5) is 5.69 Å². The summed E-state index contributed by atoms with van der Waals surface area (Å²) in [5.74, 6) is 0.410. The highest BCUT2D eigenvalue weighted by atomic mass is 35.5. The Hall–Kier alpha value is -3.20. The predicted molar refractivity (Wildman–Crippen MR) is 134 cm³/mol. The molecule has 0 saturated carbocycles. The van der Waals surface area contributed by atoms with Crippen LogP contribution in [0, 0.1) is 6.92 Å². The number of rotatable bonds is 5. The van der Waals surface area contributed by atoms with Gasteiger partial charge in [0.1, 0.15) is 5.82 Å². The van der Waals surface area contributed by atoms with Crippen molar-refractivity contribution in [3.05, 3.63) is 75.6 Å². The third-order valence-corrected chi connectivity index (χ3v) is 7.66. The third-order valence-electron chi connectivity index (χ3n) is 6.38. The molecule has 1 aliphatic heterocycles. The van der Waals surface area contributed by atoms with Gasteiger partial charge in [0, 0.05) is 29.3 Å². The number of aromatic carboxylic acids is 1. The number of aromatic amines is 1. The largest absolute Gasteiger partial charge is 0.478 e. The van der Waals surface area contributed by atoms with E-state index in [2.05, 4.69) is 15.2 Å². The summed E-state index contributed by atoms with van der Waals surface area (Å²) in [5, 5.41) is 17.4. The Balaban J connectivity index is 1.70. The molecule has 0 bridgehead atoms. The molecule has 1 aliphatic rings. The van der Waals surface area contributed by atoms with Crippen molar-refractivity contribution in [2.75, 3.05) is 18.9 Å². The number of H-pyrrole nitrogens is 1. The van der Waals surface area contributed by atoms with Crippen molar-refractivity contribution in [2.24, 2.45) is 0 Å². The number of aryl methyl sites for hydroxylation is 1. The summed E-state index contributed by atoms with van der Waals surface area (Å²) in [7, 11) is 0. The number of ether oxygens (including phenoxy) is 1. The maximum atomic E-state index is 12.2. The first-order chi connectivity index (χ1) is 16.4. The number of nitrogens with one attached hydrogen (secondary N) is 1. The Kier molecular flexibility index (Phi) is 5.89. The van der Waals surface area contributed by atoms with E-state index in [-0.39, 0.29) is 5.56 Å². The predicted octanol–water partition coefficient (Wildman–Crippen LogP) is 5.54. The maximum absolute atomic E-state index is 12.2. The molecule has 174 valence electrons. The standard InChI is InChI=1S/C25H23ClN4O3S/c1-14-28-24(30-29-14)25(8-10-33-11-9-25)16-3-4-17(23(31)32)18(13-16)19-12-15(2-5-20(19)27)21-6-7-22(26)34-21/h2-7,12-13H,8-11,27H2,1H3,(H,31,32)(H,28,29,30). The van der Waals surface area contributed by atoms with Crippen LogP contribution in [0.1, 0.15) is 40.4 Å². The molecule has 0 aliphatic carbocycles. The zero-order valence-corrected chi connectivity index (χ0v) is 20.0. The van der Waals surface area contributed by atoms with Gasteiger partial charge in [0.15, 0.2) is 5.82 Å². The molecule has 1 fully saturated rings. The lowest BCUT2D eigenvalue weighted by atomic mass is 9.72. The lowest BCUT2D eigenvalue weighted by Gasteiger charge is -2.35. The van der Waals surface area contributed by atoms with Crippen LogP contribution in [-0.4, -0.2) is 39.5 Å². The molecule has 0 atom stereocenters. The summed E-state index contributed by atoms with van der Waals surface area (Å²) in [6.45, 7) is 3.01. The van der Waals surface area contributed by atoms with E-state index < -0.39 is 11.4 Å². The molecule has 34 heavy (non-hydrogen) atoms. The molecule has 7 nitrogen and oxygen atoms in total. The number of hydrogen-bond donors (Lipinski definition) is 3. The van der Waals surface area contributed by atoms with Crippen molar-refractivity contribution >= 4 is 34.6 Å². The van der Waals surface area contributed by atoms with Gasteiger partial charge in [-0.25, -0.2) is 9.78 Å². The van der Waals surface area contributed by atoms with E-state index in [1.807, 2.05) is 43.3 Å². The van der Waals surface area contributed by atoms with E-state index in [0.29, 0.717) is 53.0 Å². The topological polar surface area (TPSA) is 114 Å². The van der Waals surface area contributed by atoms with Gasteiger partial charge in [-0.15, -0.1) is 11.3 Å². The second-order valence-electron chi connectivity index (χ2n) is 8.41. The van der Waals surface area contributed by atoms with Gasteiger partial charge in [0.05, 0.1) is 15.3 Å². The average molecular weight is 495 g/mol. The van der Waals surface area contributed by atoms with Crippen molar-refractivity contribution in [3.63, 3.8) is 0 Å². The fraction of sp³-hybridized carbons (Fsp3) is 0.240. The van der Waals surface area contributed by atoms with Gasteiger partial charge < -0.3 is 15.6 Å². The number of carboxylic acids is 1. The van der Waals surface area contributed by atoms with Gasteiger partial charge in [-0.3, -0.25) is 5.10 Å². The molecular formula is C25H23ClN4O3S. The smallest absolute Gasteiger partial charge is 0.336 e. The quantitative estimate of drug-likeness (QED) is 0.314. The third kappa shape index (κ3) is 3.98. The Morgan fingerprint density at radius 2 is 1.94 bits per heavy atom. The molecule has 4 aromatic rings. The molecule has 0 radical (unpaired) electrons. The molecule has 0 unspecified atom stereocenters. The average Bonchev–Trinajstić information content (AvgIpc) is 3.48. The number of aromatic nitrogens is 3. The zero-order chi connectivity index (χ0) is 23.9. The SMILES string of the molecule is Cc1nc(C2(c3ccc(C(=O)O)c(-c4cc(-c5ccc(Cl)s5)ccc4N)c3)CCOCC2)n[nH]1. The summed E-state index contributed by atoms with van der Waals surface area (Å²) >= 11 is 7.60. The van der Waals surface area contributed by atoms with Crippen LogP contribution in [0.15, 0.2) is 48.5 Å². The maximum Gasteiger partial charge on any atom is 0.336 e. The number of nitrogen functional groups attached to an aromatic ring is 1. The van der Waals surface area contributed by atoms with Crippen LogP contribution in [0.3, 0.4) is 0 Å². The Labute approximate surface area is 205 Å². The number of nitrogens with two attached hydrogens (primary N) is 1. The molecule has 0 amide bonds. The monoisotopic (exact) mass is 494 g/mol. The minimum atomic E-state index is -1.01. The van der Waals surface area contributed by atoms with Gasteiger partial charge in [-0.1, -0.05) is 23.7 Å². The first-order valence-electron chi connectivity index (χ1n) is 10.9. The van der Waals surface area contributed by atoms with Gasteiger partial charge in [0.2, 0.25) is 0 Å². The fourth-order valence-corrected chi connectivity index (χ4v) is 5.62. The number of anilines is 1. The molecule has 3 heterocycles. The number of thiophene rings is 1. The van der Waals surface area contributed by atoms with Crippen LogP contribution in [0.2, 0.25) is 4.34 Å². The van der Waals surface area contributed by atoms with Crippen molar-refractivity contribution in [1.82, 2.24) is 15.2 Å². The number of halogens is 1. The van der Waals surface area contributed by atoms with Gasteiger partial charge in [0.25, 0.3) is 0 Å². The van der Waals surface area contributed by atoms with E-state index >= 15 is 0 Å². The van der Waals surface area contributed by atoms with Crippen LogP contribution in [0.25, 0.3) is 21.6 Å². The summed E-state index contributed by atoms with van der Waals surface area (Å²) in [5.41, 5.74) is 9.68. The van der Waals surface area contributed by atoms with E-state index in [1.165, 1.54) is 11.3 Å². The van der Waals surface area contributed by atoms with Crippen LogP contribution < -0.4 is 5.73 Å². The Morgan fingerprint density at radius 3 is 2.59 bits per heavy atom. The number of carboxylic acid groups (broad SMARTS) is 1. The zero-order valence-electron chi connectivity index (χ0n) is 18.5. The highest BCUT2D eigenvalue weighted by Gasteiger charge is 2.40. The van der Waals surface area contributed by atoms with Crippen molar-refractivity contribution in [3.8, 4) is 21.6 Å². The molecular weight excluding hydrogens is 472 g/mol.